The van der Waals surface area contributed by atoms with Crippen molar-refractivity contribution in [3.05, 3.63) is 29.3 Å². The third-order valence-corrected chi connectivity index (χ3v) is 1.89. The van der Waals surface area contributed by atoms with Crippen molar-refractivity contribution in [3.63, 3.8) is 0 Å². The Morgan fingerprint density at radius 2 is 2.20 bits per heavy atom. The normalized spacial score (nSPS) is 9.40. The largest absolute Gasteiger partial charge is 0.465 e. The number of nitrogens with two attached hydrogens (primary N) is 1. The number of methoxy groups -OCH3 is 1. The van der Waals surface area contributed by atoms with Crippen LogP contribution in [0.15, 0.2) is 18.2 Å². The van der Waals surface area contributed by atoms with E-state index in [-0.39, 0.29) is 22.5 Å². The third kappa shape index (κ3) is 2.01. The summed E-state index contributed by atoms with van der Waals surface area (Å²) in [5.41, 5.74) is 5.68. The van der Waals surface area contributed by atoms with Crippen LogP contribution in [0.25, 0.3) is 0 Å². The molecule has 0 amide bonds. The highest BCUT2D eigenvalue weighted by Crippen LogP contribution is 2.17. The number of nitrogens with one attached hydrogen (secondary N) is 1. The van der Waals surface area contributed by atoms with Crippen LogP contribution in [-0.4, -0.2) is 25.1 Å². The number of anilines is 1. The molecule has 0 atom stereocenters. The van der Waals surface area contributed by atoms with Crippen LogP contribution < -0.4 is 5.73 Å². The highest BCUT2D eigenvalue weighted by Gasteiger charge is 2.16. The molecule has 78 valence electrons. The molecule has 5 nitrogen and oxygen atoms in total. The van der Waals surface area contributed by atoms with Crippen LogP contribution in [0.5, 0.6) is 0 Å². The first-order valence-corrected chi connectivity index (χ1v) is 4.12. The number of esters is 1. The van der Waals surface area contributed by atoms with Crippen LogP contribution in [0.2, 0.25) is 0 Å². The third-order valence-electron chi connectivity index (χ3n) is 1.89. The molecule has 0 saturated carbocycles. The van der Waals surface area contributed by atoms with Crippen LogP contribution in [0, 0.1) is 5.41 Å². The van der Waals surface area contributed by atoms with Gasteiger partial charge in [-0.1, -0.05) is 6.07 Å². The molecule has 1 aromatic carbocycles. The molecule has 5 heteroatoms. The fourth-order valence-corrected chi connectivity index (χ4v) is 1.21. The van der Waals surface area contributed by atoms with Crippen LogP contribution in [0.3, 0.4) is 0 Å². The van der Waals surface area contributed by atoms with Gasteiger partial charge in [-0.05, 0) is 12.1 Å². The van der Waals surface area contributed by atoms with Gasteiger partial charge in [0.2, 0.25) is 0 Å². The molecule has 1 rings (SSSR count). The minimum atomic E-state index is -0.621. The number of carbonyl (C=O) groups excluding carboxylic acids is 2. The van der Waals surface area contributed by atoms with E-state index >= 15 is 0 Å². The van der Waals surface area contributed by atoms with Gasteiger partial charge in [0.1, 0.15) is 5.71 Å². The summed E-state index contributed by atoms with van der Waals surface area (Å²) < 4.78 is 4.52. The highest BCUT2D eigenvalue weighted by molar-refractivity contribution is 6.37. The average molecular weight is 206 g/mol. The maximum atomic E-state index is 11.3. The van der Waals surface area contributed by atoms with E-state index in [9.17, 15) is 9.59 Å². The highest BCUT2D eigenvalue weighted by atomic mass is 16.5. The molecule has 0 saturated heterocycles. The van der Waals surface area contributed by atoms with Crippen molar-refractivity contribution < 1.29 is 14.3 Å². The van der Waals surface area contributed by atoms with Crippen molar-refractivity contribution in [2.45, 2.75) is 0 Å². The zero-order valence-corrected chi connectivity index (χ0v) is 8.11. The van der Waals surface area contributed by atoms with E-state index in [1.165, 1.54) is 19.2 Å². The Labute approximate surface area is 86.4 Å². The Balaban J connectivity index is 3.38. The summed E-state index contributed by atoms with van der Waals surface area (Å²) in [4.78, 5) is 21.8. The van der Waals surface area contributed by atoms with Gasteiger partial charge in [-0.3, -0.25) is 10.2 Å². The Hall–Kier alpha value is -2.17. The quantitative estimate of drug-likeness (QED) is 0.328. The summed E-state index contributed by atoms with van der Waals surface area (Å²) >= 11 is 0. The predicted octanol–water partition coefficient (Wildman–Crippen LogP) is 0.622. The minimum absolute atomic E-state index is 0.111. The average Bonchev–Trinajstić information content (AvgIpc) is 2.26. The van der Waals surface area contributed by atoms with Gasteiger partial charge in [-0.15, -0.1) is 0 Å². The summed E-state index contributed by atoms with van der Waals surface area (Å²) in [6, 6.07) is 4.53. The molecule has 3 N–H and O–H groups in total. The molecular weight excluding hydrogens is 196 g/mol. The standard InChI is InChI=1S/C10H10N2O3/c1-15-10(14)6-3-2-4-7(11)9(6)8(12)5-13/h2-5,12H,11H2,1H3. The summed E-state index contributed by atoms with van der Waals surface area (Å²) in [7, 11) is 1.22. The molecule has 0 aliphatic heterocycles. The van der Waals surface area contributed by atoms with Gasteiger partial charge in [0.15, 0.2) is 6.29 Å². The molecule has 0 radical (unpaired) electrons. The molecule has 0 aliphatic rings. The van der Waals surface area contributed by atoms with Crippen molar-refractivity contribution in [2.24, 2.45) is 0 Å². The Morgan fingerprint density at radius 1 is 1.53 bits per heavy atom. The fourth-order valence-electron chi connectivity index (χ4n) is 1.21. The number of hydrogen-bond donors (Lipinski definition) is 2. The van der Waals surface area contributed by atoms with E-state index in [1.807, 2.05) is 0 Å². The van der Waals surface area contributed by atoms with E-state index in [1.54, 1.807) is 6.07 Å². The van der Waals surface area contributed by atoms with E-state index < -0.39 is 5.97 Å². The first-order chi connectivity index (χ1) is 7.11. The van der Waals surface area contributed by atoms with E-state index in [2.05, 4.69) is 4.74 Å². The van der Waals surface area contributed by atoms with Gasteiger partial charge in [-0.2, -0.15) is 0 Å². The molecule has 0 fully saturated rings. The van der Waals surface area contributed by atoms with Crippen molar-refractivity contribution >= 4 is 23.7 Å². The second kappa shape index (κ2) is 4.36. The lowest BCUT2D eigenvalue weighted by atomic mass is 10.0. The number of carbonyl (C=O) groups is 2. The molecule has 0 aliphatic carbocycles. The maximum Gasteiger partial charge on any atom is 0.338 e. The van der Waals surface area contributed by atoms with Gasteiger partial charge < -0.3 is 10.5 Å². The van der Waals surface area contributed by atoms with Gasteiger partial charge >= 0.3 is 5.97 Å². The van der Waals surface area contributed by atoms with Crippen molar-refractivity contribution in [2.75, 3.05) is 12.8 Å². The van der Waals surface area contributed by atoms with Gasteiger partial charge in [-0.25, -0.2) is 4.79 Å². The SMILES string of the molecule is COC(=O)c1cccc(N)c1C(=N)C=O. The topological polar surface area (TPSA) is 93.2 Å². The lowest BCUT2D eigenvalue weighted by molar-refractivity contribution is -0.102. The molecule has 0 heterocycles. The van der Waals surface area contributed by atoms with E-state index in [4.69, 9.17) is 11.1 Å². The molecule has 15 heavy (non-hydrogen) atoms. The van der Waals surface area contributed by atoms with E-state index in [0.717, 1.165) is 0 Å². The smallest absolute Gasteiger partial charge is 0.338 e. The summed E-state index contributed by atoms with van der Waals surface area (Å²) in [6.45, 7) is 0. The zero-order valence-electron chi connectivity index (χ0n) is 8.11. The number of rotatable bonds is 3. The van der Waals surface area contributed by atoms with Crippen molar-refractivity contribution in [1.29, 1.82) is 5.41 Å². The first-order valence-electron chi connectivity index (χ1n) is 4.12. The molecule has 1 aromatic rings. The van der Waals surface area contributed by atoms with Crippen molar-refractivity contribution in [3.8, 4) is 0 Å². The first kappa shape index (κ1) is 10.9. The predicted molar refractivity (Wildman–Crippen MR) is 55.1 cm³/mol. The molecular formula is C10H10N2O3. The number of aldehydes is 1. The molecule has 0 unspecified atom stereocenters. The number of hydrogen-bond acceptors (Lipinski definition) is 5. The minimum Gasteiger partial charge on any atom is -0.465 e. The summed E-state index contributed by atoms with van der Waals surface area (Å²) in [6.07, 6.45) is 0.331. The van der Waals surface area contributed by atoms with Crippen LogP contribution >= 0.6 is 0 Å². The lowest BCUT2D eigenvalue weighted by Gasteiger charge is -2.08. The number of nitrogen functional groups attached to an aromatic ring is 1. The van der Waals surface area contributed by atoms with Gasteiger partial charge in [0, 0.05) is 11.3 Å². The van der Waals surface area contributed by atoms with Crippen LogP contribution in [0.4, 0.5) is 5.69 Å². The van der Waals surface area contributed by atoms with Crippen LogP contribution in [-0.2, 0) is 9.53 Å². The Bertz CT molecular complexity index is 427. The monoisotopic (exact) mass is 206 g/mol. The molecule has 0 spiro atoms. The lowest BCUT2D eigenvalue weighted by Crippen LogP contribution is -2.13. The van der Waals surface area contributed by atoms with Gasteiger partial charge in [0.05, 0.1) is 12.7 Å². The molecule has 0 aromatic heterocycles. The summed E-state index contributed by atoms with van der Waals surface area (Å²) in [5.74, 6) is -0.621. The molecule has 0 bridgehead atoms. The number of benzene rings is 1. The van der Waals surface area contributed by atoms with E-state index in [0.29, 0.717) is 6.29 Å². The summed E-state index contributed by atoms with van der Waals surface area (Å²) in [5, 5.41) is 7.37. The second-order valence-electron chi connectivity index (χ2n) is 2.79. The number of ether oxygens (including phenoxy) is 1. The van der Waals surface area contributed by atoms with Gasteiger partial charge in [0.25, 0.3) is 0 Å². The zero-order chi connectivity index (χ0) is 11.4. The Kier molecular flexibility index (Phi) is 3.17. The van der Waals surface area contributed by atoms with Crippen LogP contribution in [0.1, 0.15) is 15.9 Å². The second-order valence-corrected chi connectivity index (χ2v) is 2.79. The Morgan fingerprint density at radius 3 is 2.73 bits per heavy atom. The maximum absolute atomic E-state index is 11.3. The fraction of sp³-hybridized carbons (Fsp3) is 0.100. The van der Waals surface area contributed by atoms with Crippen molar-refractivity contribution in [1.82, 2.24) is 0 Å².